The minimum atomic E-state index is -0.301. The van der Waals surface area contributed by atoms with Crippen molar-refractivity contribution in [1.29, 1.82) is 0 Å². The second-order valence-electron chi connectivity index (χ2n) is 7.07. The molecule has 6 atom stereocenters. The average molecular weight is 273 g/mol. The number of hydrogen-bond acceptors (Lipinski definition) is 3. The maximum atomic E-state index is 13.0. The third-order valence-corrected chi connectivity index (χ3v) is 6.23. The first-order valence-electron chi connectivity index (χ1n) is 7.79. The Hall–Kier alpha value is -1.36. The van der Waals surface area contributed by atoms with E-state index in [0.29, 0.717) is 18.3 Å². The van der Waals surface area contributed by atoms with E-state index in [9.17, 15) is 9.59 Å². The van der Waals surface area contributed by atoms with Crippen molar-refractivity contribution in [3.63, 3.8) is 0 Å². The topological polar surface area (TPSA) is 61.4 Å². The summed E-state index contributed by atoms with van der Waals surface area (Å²) in [7, 11) is 0. The molecule has 0 aromatic rings. The zero-order valence-corrected chi connectivity index (χ0v) is 11.3. The molecule has 0 radical (unpaired) electrons. The van der Waals surface area contributed by atoms with E-state index in [1.165, 1.54) is 0 Å². The second kappa shape index (κ2) is 3.45. The largest absolute Gasteiger partial charge is 0.289 e. The summed E-state index contributed by atoms with van der Waals surface area (Å²) in [5, 5.41) is 5.50. The molecule has 0 aromatic heterocycles. The minimum absolute atomic E-state index is 0.000163. The Balaban J connectivity index is 1.60. The smallest absolute Gasteiger partial charge is 0.248 e. The van der Waals surface area contributed by atoms with E-state index < -0.39 is 0 Å². The number of hydrogen-bond donors (Lipinski definition) is 2. The van der Waals surface area contributed by atoms with Gasteiger partial charge in [0.2, 0.25) is 11.8 Å². The lowest BCUT2D eigenvalue weighted by atomic mass is 9.79. The van der Waals surface area contributed by atoms with Crippen molar-refractivity contribution in [2.24, 2.45) is 23.7 Å². The first kappa shape index (κ1) is 11.3. The van der Waals surface area contributed by atoms with Gasteiger partial charge in [-0.3, -0.25) is 20.3 Å². The highest BCUT2D eigenvalue weighted by molar-refractivity contribution is 5.88. The van der Waals surface area contributed by atoms with E-state index in [2.05, 4.69) is 22.9 Å². The molecule has 2 amide bonds. The molecule has 4 fully saturated rings. The average Bonchev–Trinajstić information content (AvgIpc) is 3.10. The zero-order chi connectivity index (χ0) is 13.5. The molecule has 1 spiro atoms. The van der Waals surface area contributed by atoms with E-state index in [4.69, 9.17) is 0 Å². The summed E-state index contributed by atoms with van der Waals surface area (Å²) in [6.07, 6.45) is 9.23. The van der Waals surface area contributed by atoms with Crippen LogP contribution < -0.4 is 10.7 Å². The van der Waals surface area contributed by atoms with Crippen LogP contribution in [0.2, 0.25) is 0 Å². The van der Waals surface area contributed by atoms with E-state index in [-0.39, 0.29) is 35.4 Å². The summed E-state index contributed by atoms with van der Waals surface area (Å²) in [4.78, 5) is 24.9. The van der Waals surface area contributed by atoms with Crippen molar-refractivity contribution in [3.8, 4) is 0 Å². The number of carbonyl (C=O) groups is 2. The molecule has 0 unspecified atom stereocenters. The Morgan fingerprint density at radius 3 is 3.00 bits per heavy atom. The van der Waals surface area contributed by atoms with Gasteiger partial charge in [0.25, 0.3) is 0 Å². The molecule has 5 heteroatoms. The maximum Gasteiger partial charge on any atom is 0.248 e. The summed E-state index contributed by atoms with van der Waals surface area (Å²) in [5.74, 6) is 1.32. The van der Waals surface area contributed by atoms with Crippen LogP contribution >= 0.6 is 0 Å². The van der Waals surface area contributed by atoms with E-state index >= 15 is 0 Å². The first-order chi connectivity index (χ1) is 9.69. The van der Waals surface area contributed by atoms with Crippen LogP contribution in [0.25, 0.3) is 0 Å². The van der Waals surface area contributed by atoms with Gasteiger partial charge in [-0.15, -0.1) is 0 Å². The van der Waals surface area contributed by atoms with Crippen molar-refractivity contribution < 1.29 is 9.59 Å². The zero-order valence-electron chi connectivity index (χ0n) is 11.3. The Kier molecular flexibility index (Phi) is 1.95. The van der Waals surface area contributed by atoms with Crippen LogP contribution in [0.5, 0.6) is 0 Å². The quantitative estimate of drug-likeness (QED) is 0.633. The number of hydrazine groups is 1. The normalized spacial score (nSPS) is 51.8. The fraction of sp³-hybridized carbons (Fsp3) is 0.733. The van der Waals surface area contributed by atoms with E-state index in [1.807, 2.05) is 0 Å². The SMILES string of the molecule is O=C1C[C@@H]2CCC[C@@]23N[C@@H]2[C@H](C(=O)N3N1)[C@H]1C=C[C@@H]2C1. The van der Waals surface area contributed by atoms with Crippen LogP contribution in [0.3, 0.4) is 0 Å². The van der Waals surface area contributed by atoms with Gasteiger partial charge in [0, 0.05) is 18.4 Å². The van der Waals surface area contributed by atoms with Gasteiger partial charge in [-0.05, 0) is 37.5 Å². The van der Waals surface area contributed by atoms with Gasteiger partial charge in [-0.25, -0.2) is 5.01 Å². The monoisotopic (exact) mass is 273 g/mol. The van der Waals surface area contributed by atoms with Crippen LogP contribution in [-0.4, -0.2) is 28.5 Å². The molecule has 20 heavy (non-hydrogen) atoms. The number of nitrogens with zero attached hydrogens (tertiary/aromatic N) is 1. The fourth-order valence-corrected chi connectivity index (χ4v) is 5.42. The third kappa shape index (κ3) is 1.14. The predicted molar refractivity (Wildman–Crippen MR) is 70.8 cm³/mol. The fourth-order valence-electron chi connectivity index (χ4n) is 5.42. The Morgan fingerprint density at radius 1 is 1.25 bits per heavy atom. The van der Waals surface area contributed by atoms with Gasteiger partial charge in [0.15, 0.2) is 0 Å². The molecule has 5 rings (SSSR count). The predicted octanol–water partition coefficient (Wildman–Crippen LogP) is 0.540. The molecule has 2 aliphatic heterocycles. The van der Waals surface area contributed by atoms with Crippen molar-refractivity contribution in [2.45, 2.75) is 43.8 Å². The van der Waals surface area contributed by atoms with Crippen molar-refractivity contribution in [1.82, 2.24) is 15.8 Å². The van der Waals surface area contributed by atoms with E-state index in [0.717, 1.165) is 25.7 Å². The lowest BCUT2D eigenvalue weighted by Gasteiger charge is -2.56. The molecule has 2 N–H and O–H groups in total. The maximum absolute atomic E-state index is 13.0. The molecule has 5 nitrogen and oxygen atoms in total. The Labute approximate surface area is 117 Å². The van der Waals surface area contributed by atoms with Crippen molar-refractivity contribution >= 4 is 11.8 Å². The number of fused-ring (bicyclic) bond motifs is 5. The van der Waals surface area contributed by atoms with Crippen molar-refractivity contribution in [3.05, 3.63) is 12.2 Å². The summed E-state index contributed by atoms with van der Waals surface area (Å²) in [5.41, 5.74) is 2.56. The van der Waals surface area contributed by atoms with Gasteiger partial charge < -0.3 is 0 Å². The number of amides is 2. The molecule has 2 heterocycles. The minimum Gasteiger partial charge on any atom is -0.289 e. The molecular formula is C15H19N3O2. The molecule has 5 aliphatic rings. The highest BCUT2D eigenvalue weighted by Crippen LogP contribution is 2.52. The second-order valence-corrected chi connectivity index (χ2v) is 7.07. The molecule has 2 bridgehead atoms. The first-order valence-corrected chi connectivity index (χ1v) is 7.79. The summed E-state index contributed by atoms with van der Waals surface area (Å²) >= 11 is 0. The van der Waals surface area contributed by atoms with Crippen LogP contribution in [0.15, 0.2) is 12.2 Å². The molecule has 3 aliphatic carbocycles. The highest BCUT2D eigenvalue weighted by atomic mass is 16.2. The number of nitrogens with one attached hydrogen (secondary N) is 2. The number of carbonyl (C=O) groups excluding carboxylic acids is 2. The molecule has 106 valence electrons. The number of allylic oxidation sites excluding steroid dienone is 1. The molecular weight excluding hydrogens is 254 g/mol. The summed E-state index contributed by atoms with van der Waals surface area (Å²) < 4.78 is 0. The van der Waals surface area contributed by atoms with Gasteiger partial charge in [-0.2, -0.15) is 0 Å². The van der Waals surface area contributed by atoms with E-state index in [1.54, 1.807) is 5.01 Å². The molecule has 2 saturated carbocycles. The standard InChI is InChI=1S/C15H19N3O2/c19-11-7-10-2-1-5-15(10)16-13-9-4-3-8(6-9)12(13)14(20)18(15)17-11/h3-4,8-10,12-13,16H,1-2,5-7H2,(H,17,19)/t8-,9+,10-,12+,13-,15-/m0/s1. The van der Waals surface area contributed by atoms with Crippen molar-refractivity contribution in [2.75, 3.05) is 0 Å². The van der Waals surface area contributed by atoms with Crippen LogP contribution in [0.4, 0.5) is 0 Å². The highest BCUT2D eigenvalue weighted by Gasteiger charge is 2.63. The van der Waals surface area contributed by atoms with Gasteiger partial charge in [0.05, 0.1) is 5.92 Å². The third-order valence-electron chi connectivity index (χ3n) is 6.23. The Morgan fingerprint density at radius 2 is 2.10 bits per heavy atom. The van der Waals surface area contributed by atoms with Gasteiger partial charge >= 0.3 is 0 Å². The van der Waals surface area contributed by atoms with Gasteiger partial charge in [-0.1, -0.05) is 12.2 Å². The summed E-state index contributed by atoms with van der Waals surface area (Å²) in [6, 6.07) is 0.282. The van der Waals surface area contributed by atoms with Crippen LogP contribution in [-0.2, 0) is 9.59 Å². The van der Waals surface area contributed by atoms with Gasteiger partial charge in [0.1, 0.15) is 5.66 Å². The van der Waals surface area contributed by atoms with Crippen LogP contribution in [0, 0.1) is 23.7 Å². The number of rotatable bonds is 0. The lowest BCUT2D eigenvalue weighted by molar-refractivity contribution is -0.177. The Bertz CT molecular complexity index is 545. The summed E-state index contributed by atoms with van der Waals surface area (Å²) in [6.45, 7) is 0. The lowest BCUT2D eigenvalue weighted by Crippen LogP contribution is -2.78. The van der Waals surface area contributed by atoms with Crippen LogP contribution in [0.1, 0.15) is 32.1 Å². The molecule has 2 saturated heterocycles. The molecule has 0 aromatic carbocycles.